The highest BCUT2D eigenvalue weighted by molar-refractivity contribution is 7.20. The number of anilines is 1. The van der Waals surface area contributed by atoms with Crippen molar-refractivity contribution in [2.75, 3.05) is 12.4 Å². The van der Waals surface area contributed by atoms with Gasteiger partial charge in [-0.15, -0.1) is 11.3 Å². The van der Waals surface area contributed by atoms with Crippen molar-refractivity contribution in [3.63, 3.8) is 0 Å². The number of halogens is 1. The standard InChI is InChI=1S/C12H12ClN3O2S/c1-5-7-9(13)15-12(14-6-3-4-6)16-10(7)19-8(5)11(17)18-2/h6H,3-4H2,1-2H3,(H,14,15,16). The van der Waals surface area contributed by atoms with Crippen LogP contribution < -0.4 is 5.32 Å². The van der Waals surface area contributed by atoms with Crippen LogP contribution in [0.5, 0.6) is 0 Å². The molecule has 1 fully saturated rings. The molecule has 5 nitrogen and oxygen atoms in total. The van der Waals surface area contributed by atoms with Crippen LogP contribution in [0.1, 0.15) is 28.1 Å². The van der Waals surface area contributed by atoms with Crippen LogP contribution in [0.15, 0.2) is 0 Å². The third kappa shape index (κ3) is 2.26. The van der Waals surface area contributed by atoms with E-state index in [4.69, 9.17) is 16.3 Å². The zero-order valence-corrected chi connectivity index (χ0v) is 12.1. The van der Waals surface area contributed by atoms with Crippen molar-refractivity contribution in [1.29, 1.82) is 0 Å². The van der Waals surface area contributed by atoms with Gasteiger partial charge in [0.15, 0.2) is 0 Å². The summed E-state index contributed by atoms with van der Waals surface area (Å²) in [5, 5.41) is 4.31. The molecule has 0 saturated heterocycles. The van der Waals surface area contributed by atoms with Crippen LogP contribution in [-0.4, -0.2) is 29.1 Å². The zero-order valence-electron chi connectivity index (χ0n) is 10.5. The van der Waals surface area contributed by atoms with Gasteiger partial charge in [-0.05, 0) is 25.3 Å². The number of rotatable bonds is 3. The average molecular weight is 298 g/mol. The summed E-state index contributed by atoms with van der Waals surface area (Å²) in [6.07, 6.45) is 2.27. The van der Waals surface area contributed by atoms with E-state index in [1.165, 1.54) is 18.4 Å². The number of aryl methyl sites for hydroxylation is 1. The predicted molar refractivity (Wildman–Crippen MR) is 75.1 cm³/mol. The van der Waals surface area contributed by atoms with Crippen molar-refractivity contribution < 1.29 is 9.53 Å². The summed E-state index contributed by atoms with van der Waals surface area (Å²) in [6.45, 7) is 1.83. The first kappa shape index (κ1) is 12.6. The topological polar surface area (TPSA) is 64.1 Å². The van der Waals surface area contributed by atoms with Gasteiger partial charge < -0.3 is 10.1 Å². The van der Waals surface area contributed by atoms with Crippen molar-refractivity contribution in [2.24, 2.45) is 0 Å². The fourth-order valence-electron chi connectivity index (χ4n) is 1.85. The summed E-state index contributed by atoms with van der Waals surface area (Å²) in [5.41, 5.74) is 0.773. The maximum Gasteiger partial charge on any atom is 0.348 e. The third-order valence-electron chi connectivity index (χ3n) is 3.03. The van der Waals surface area contributed by atoms with E-state index in [-0.39, 0.29) is 5.97 Å². The number of ether oxygens (including phenoxy) is 1. The summed E-state index contributed by atoms with van der Waals surface area (Å²) in [5.74, 6) is 0.158. The molecule has 2 aromatic rings. The van der Waals surface area contributed by atoms with Crippen LogP contribution in [0.25, 0.3) is 10.2 Å². The molecule has 0 aromatic carbocycles. The third-order valence-corrected chi connectivity index (χ3v) is 4.47. The molecule has 0 aliphatic heterocycles. The van der Waals surface area contributed by atoms with Gasteiger partial charge >= 0.3 is 5.97 Å². The lowest BCUT2D eigenvalue weighted by molar-refractivity contribution is 0.0605. The first-order valence-electron chi connectivity index (χ1n) is 5.91. The number of esters is 1. The molecule has 1 aliphatic carbocycles. The molecular weight excluding hydrogens is 286 g/mol. The summed E-state index contributed by atoms with van der Waals surface area (Å²) >= 11 is 7.48. The van der Waals surface area contributed by atoms with Crippen LogP contribution >= 0.6 is 22.9 Å². The Labute approximate surface area is 119 Å². The minimum absolute atomic E-state index is 0.367. The Morgan fingerprint density at radius 3 is 2.84 bits per heavy atom. The number of methoxy groups -OCH3 is 1. The Morgan fingerprint density at radius 2 is 2.21 bits per heavy atom. The average Bonchev–Trinajstić information content (AvgIpc) is 3.11. The lowest BCUT2D eigenvalue weighted by atomic mass is 10.2. The number of fused-ring (bicyclic) bond motifs is 1. The summed E-state index contributed by atoms with van der Waals surface area (Å²) in [7, 11) is 1.36. The molecule has 0 spiro atoms. The molecule has 1 N–H and O–H groups in total. The monoisotopic (exact) mass is 297 g/mol. The van der Waals surface area contributed by atoms with Crippen LogP contribution in [0.4, 0.5) is 5.95 Å². The van der Waals surface area contributed by atoms with E-state index in [0.29, 0.717) is 26.9 Å². The molecule has 2 heterocycles. The Kier molecular flexibility index (Phi) is 3.06. The molecule has 0 atom stereocenters. The van der Waals surface area contributed by atoms with Gasteiger partial charge in [0.2, 0.25) is 5.95 Å². The van der Waals surface area contributed by atoms with E-state index < -0.39 is 0 Å². The highest BCUT2D eigenvalue weighted by atomic mass is 35.5. The van der Waals surface area contributed by atoms with E-state index in [1.807, 2.05) is 6.92 Å². The number of nitrogens with zero attached hydrogens (tertiary/aromatic N) is 2. The predicted octanol–water partition coefficient (Wildman–Crippen LogP) is 3.01. The normalized spacial score (nSPS) is 14.7. The van der Waals surface area contributed by atoms with Gasteiger partial charge in [0, 0.05) is 6.04 Å². The smallest absolute Gasteiger partial charge is 0.348 e. The summed E-state index contributed by atoms with van der Waals surface area (Å²) in [6, 6.07) is 0.453. The molecule has 0 amide bonds. The number of aromatic nitrogens is 2. The minimum atomic E-state index is -0.367. The van der Waals surface area contributed by atoms with Crippen LogP contribution in [0, 0.1) is 6.92 Å². The molecule has 1 aliphatic rings. The fraction of sp³-hybridized carbons (Fsp3) is 0.417. The Balaban J connectivity index is 2.10. The number of thiophene rings is 1. The van der Waals surface area contributed by atoms with E-state index in [2.05, 4.69) is 15.3 Å². The second kappa shape index (κ2) is 4.61. The number of hydrogen-bond donors (Lipinski definition) is 1. The quantitative estimate of drug-likeness (QED) is 0.697. The minimum Gasteiger partial charge on any atom is -0.465 e. The highest BCUT2D eigenvalue weighted by Gasteiger charge is 2.24. The van der Waals surface area contributed by atoms with Crippen LogP contribution in [0.2, 0.25) is 5.15 Å². The van der Waals surface area contributed by atoms with Gasteiger partial charge in [0.05, 0.1) is 12.5 Å². The van der Waals surface area contributed by atoms with E-state index in [1.54, 1.807) is 0 Å². The van der Waals surface area contributed by atoms with Gasteiger partial charge in [-0.2, -0.15) is 0 Å². The van der Waals surface area contributed by atoms with Crippen molar-refractivity contribution in [3.05, 3.63) is 15.6 Å². The molecule has 7 heteroatoms. The fourth-order valence-corrected chi connectivity index (χ4v) is 3.32. The Hall–Kier alpha value is -1.40. The lowest BCUT2D eigenvalue weighted by Gasteiger charge is -2.03. The molecule has 100 valence electrons. The zero-order chi connectivity index (χ0) is 13.6. The van der Waals surface area contributed by atoms with Gasteiger partial charge in [-0.3, -0.25) is 0 Å². The van der Waals surface area contributed by atoms with Gasteiger partial charge in [0.25, 0.3) is 0 Å². The molecule has 2 aromatic heterocycles. The van der Waals surface area contributed by atoms with Crippen molar-refractivity contribution in [1.82, 2.24) is 9.97 Å². The molecule has 0 unspecified atom stereocenters. The summed E-state index contributed by atoms with van der Waals surface area (Å²) in [4.78, 5) is 21.6. The van der Waals surface area contributed by atoms with E-state index in [9.17, 15) is 4.79 Å². The van der Waals surface area contributed by atoms with Gasteiger partial charge in [-0.1, -0.05) is 11.6 Å². The van der Waals surface area contributed by atoms with E-state index >= 15 is 0 Å². The van der Waals surface area contributed by atoms with Gasteiger partial charge in [-0.25, -0.2) is 14.8 Å². The van der Waals surface area contributed by atoms with Crippen LogP contribution in [0.3, 0.4) is 0 Å². The first-order chi connectivity index (χ1) is 9.10. The van der Waals surface area contributed by atoms with Gasteiger partial charge in [0.1, 0.15) is 14.9 Å². The maximum absolute atomic E-state index is 11.7. The molecular formula is C12H12ClN3O2S. The second-order valence-corrected chi connectivity index (χ2v) is 5.84. The van der Waals surface area contributed by atoms with Crippen LogP contribution in [-0.2, 0) is 4.74 Å². The Morgan fingerprint density at radius 1 is 1.47 bits per heavy atom. The largest absolute Gasteiger partial charge is 0.465 e. The van der Waals surface area contributed by atoms with Crippen molar-refractivity contribution >= 4 is 45.1 Å². The number of nitrogens with one attached hydrogen (secondary N) is 1. The molecule has 3 rings (SSSR count). The molecule has 0 bridgehead atoms. The number of carbonyl (C=O) groups is 1. The van der Waals surface area contributed by atoms with E-state index in [0.717, 1.165) is 23.8 Å². The Bertz CT molecular complexity index is 667. The lowest BCUT2D eigenvalue weighted by Crippen LogP contribution is -2.05. The molecule has 0 radical (unpaired) electrons. The maximum atomic E-state index is 11.7. The molecule has 19 heavy (non-hydrogen) atoms. The molecule has 1 saturated carbocycles. The highest BCUT2D eigenvalue weighted by Crippen LogP contribution is 2.35. The van der Waals surface area contributed by atoms with Crippen molar-refractivity contribution in [3.8, 4) is 0 Å². The number of hydrogen-bond acceptors (Lipinski definition) is 6. The SMILES string of the molecule is COC(=O)c1sc2nc(NC3CC3)nc(Cl)c2c1C. The second-order valence-electron chi connectivity index (χ2n) is 4.48. The first-order valence-corrected chi connectivity index (χ1v) is 7.11. The number of carbonyl (C=O) groups excluding carboxylic acids is 1. The summed E-state index contributed by atoms with van der Waals surface area (Å²) < 4.78 is 4.76. The van der Waals surface area contributed by atoms with Crippen molar-refractivity contribution in [2.45, 2.75) is 25.8 Å².